The van der Waals surface area contributed by atoms with Crippen molar-refractivity contribution >= 4 is 40.1 Å². The molecule has 32 heavy (non-hydrogen) atoms. The van der Waals surface area contributed by atoms with E-state index < -0.39 is 5.97 Å². The van der Waals surface area contributed by atoms with Gasteiger partial charge in [-0.25, -0.2) is 14.8 Å². The Morgan fingerprint density at radius 1 is 1.19 bits per heavy atom. The third-order valence-corrected chi connectivity index (χ3v) is 6.08. The van der Waals surface area contributed by atoms with Gasteiger partial charge in [-0.1, -0.05) is 17.7 Å². The average Bonchev–Trinajstić information content (AvgIpc) is 2.77. The molecule has 0 amide bonds. The van der Waals surface area contributed by atoms with Gasteiger partial charge < -0.3 is 15.3 Å². The minimum absolute atomic E-state index is 0.0906. The molecule has 2 aromatic heterocycles. The normalized spacial score (nSPS) is 15.1. The van der Waals surface area contributed by atoms with Crippen LogP contribution in [-0.4, -0.2) is 38.7 Å². The Labute approximate surface area is 190 Å². The van der Waals surface area contributed by atoms with E-state index in [0.717, 1.165) is 37.1 Å². The Kier molecular flexibility index (Phi) is 6.06. The third-order valence-electron chi connectivity index (χ3n) is 5.87. The van der Waals surface area contributed by atoms with E-state index in [4.69, 9.17) is 16.6 Å². The number of pyridine rings is 1. The zero-order chi connectivity index (χ0) is 23.0. The Bertz CT molecular complexity index is 1250. The summed E-state index contributed by atoms with van der Waals surface area (Å²) in [5.74, 6) is -0.505. The first kappa shape index (κ1) is 22.1. The minimum atomic E-state index is -1.17. The number of aryl methyl sites for hydroxylation is 1. The summed E-state index contributed by atoms with van der Waals surface area (Å²) < 4.78 is 1.63. The minimum Gasteiger partial charge on any atom is -0.476 e. The van der Waals surface area contributed by atoms with Gasteiger partial charge in [0.25, 0.3) is 5.56 Å². The molecule has 168 valence electrons. The van der Waals surface area contributed by atoms with Crippen LogP contribution in [0.25, 0.3) is 10.9 Å². The number of halogens is 1. The average molecular weight is 456 g/mol. The van der Waals surface area contributed by atoms with Crippen molar-refractivity contribution in [1.82, 2.24) is 14.5 Å². The van der Waals surface area contributed by atoms with Gasteiger partial charge in [-0.05, 0) is 56.9 Å². The first-order chi connectivity index (χ1) is 15.3. The molecule has 8 nitrogen and oxygen atoms in total. The van der Waals surface area contributed by atoms with Crippen LogP contribution < -0.4 is 15.8 Å². The van der Waals surface area contributed by atoms with Crippen molar-refractivity contribution in [2.45, 2.75) is 39.2 Å². The number of carbonyl (C=O) groups is 1. The van der Waals surface area contributed by atoms with Crippen LogP contribution in [0, 0.1) is 6.92 Å². The lowest BCUT2D eigenvalue weighted by atomic mass is 10.0. The van der Waals surface area contributed by atoms with Crippen molar-refractivity contribution in [1.29, 1.82) is 0 Å². The Balaban J connectivity index is 1.82. The predicted octanol–water partition coefficient (Wildman–Crippen LogP) is 4.15. The maximum atomic E-state index is 13.2. The van der Waals surface area contributed by atoms with E-state index in [9.17, 15) is 14.7 Å². The summed E-state index contributed by atoms with van der Waals surface area (Å²) in [4.78, 5) is 35.9. The van der Waals surface area contributed by atoms with Crippen LogP contribution in [0.4, 0.5) is 11.6 Å². The number of carboxylic acids is 1. The number of piperidine rings is 1. The maximum Gasteiger partial charge on any atom is 0.356 e. The van der Waals surface area contributed by atoms with E-state index in [0.29, 0.717) is 22.5 Å². The number of fused-ring (bicyclic) bond motifs is 1. The van der Waals surface area contributed by atoms with Gasteiger partial charge in [-0.15, -0.1) is 0 Å². The molecule has 0 aliphatic carbocycles. The van der Waals surface area contributed by atoms with Crippen LogP contribution in [0.3, 0.4) is 0 Å². The second kappa shape index (κ2) is 8.78. The molecule has 9 heteroatoms. The van der Waals surface area contributed by atoms with Crippen molar-refractivity contribution in [3.63, 3.8) is 0 Å². The van der Waals surface area contributed by atoms with Crippen molar-refractivity contribution in [2.75, 3.05) is 23.3 Å². The number of aromatic carboxylic acids is 1. The van der Waals surface area contributed by atoms with Gasteiger partial charge in [0.15, 0.2) is 5.69 Å². The summed E-state index contributed by atoms with van der Waals surface area (Å²) in [7, 11) is 1.76. The molecule has 0 unspecified atom stereocenters. The molecule has 0 spiro atoms. The molecular formula is C23H26ClN5O3. The first-order valence-corrected chi connectivity index (χ1v) is 11.1. The number of aromatic nitrogens is 3. The van der Waals surface area contributed by atoms with Gasteiger partial charge in [0.2, 0.25) is 5.95 Å². The molecule has 3 aromatic rings. The summed E-state index contributed by atoms with van der Waals surface area (Å²) in [6.07, 6.45) is 3.34. The van der Waals surface area contributed by atoms with E-state index in [-0.39, 0.29) is 22.4 Å². The highest BCUT2D eigenvalue weighted by Gasteiger charge is 2.22. The SMILES string of the molecule is Cc1cc([C@@H](C)Nc2ccc(Cl)nc2C(=O)O)c2nc(N3CCCCC3)n(C)c(=O)c2c1. The van der Waals surface area contributed by atoms with Gasteiger partial charge >= 0.3 is 5.97 Å². The van der Waals surface area contributed by atoms with Gasteiger partial charge in [0.05, 0.1) is 22.6 Å². The van der Waals surface area contributed by atoms with Crippen LogP contribution in [0.5, 0.6) is 0 Å². The molecule has 1 aliphatic heterocycles. The largest absolute Gasteiger partial charge is 0.476 e. The van der Waals surface area contributed by atoms with Crippen LogP contribution in [0.15, 0.2) is 29.1 Å². The van der Waals surface area contributed by atoms with Crippen molar-refractivity contribution in [3.8, 4) is 0 Å². The zero-order valence-electron chi connectivity index (χ0n) is 18.4. The summed E-state index contributed by atoms with van der Waals surface area (Å²) in [6, 6.07) is 6.65. The molecule has 1 fully saturated rings. The molecule has 0 bridgehead atoms. The smallest absolute Gasteiger partial charge is 0.356 e. The fraction of sp³-hybridized carbons (Fsp3) is 0.391. The third kappa shape index (κ3) is 4.14. The number of anilines is 2. The van der Waals surface area contributed by atoms with E-state index in [2.05, 4.69) is 15.2 Å². The summed E-state index contributed by atoms with van der Waals surface area (Å²) in [6.45, 7) is 5.59. The lowest BCUT2D eigenvalue weighted by Crippen LogP contribution is -2.35. The molecule has 0 saturated carbocycles. The van der Waals surface area contributed by atoms with E-state index in [1.165, 1.54) is 6.42 Å². The Hall–Kier alpha value is -3.13. The van der Waals surface area contributed by atoms with E-state index >= 15 is 0 Å². The molecule has 1 aromatic carbocycles. The number of hydrogen-bond acceptors (Lipinski definition) is 6. The molecule has 0 radical (unpaired) electrons. The molecule has 2 N–H and O–H groups in total. The highest BCUT2D eigenvalue weighted by Crippen LogP contribution is 2.29. The quantitative estimate of drug-likeness (QED) is 0.557. The van der Waals surface area contributed by atoms with Crippen LogP contribution >= 0.6 is 11.6 Å². The lowest BCUT2D eigenvalue weighted by Gasteiger charge is -2.29. The van der Waals surface area contributed by atoms with E-state index in [1.807, 2.05) is 26.0 Å². The fourth-order valence-corrected chi connectivity index (χ4v) is 4.42. The molecule has 4 rings (SSSR count). The number of nitrogens with zero attached hydrogens (tertiary/aromatic N) is 4. The lowest BCUT2D eigenvalue weighted by molar-refractivity contribution is 0.0691. The zero-order valence-corrected chi connectivity index (χ0v) is 19.1. The molecule has 1 saturated heterocycles. The Morgan fingerprint density at radius 2 is 1.91 bits per heavy atom. The first-order valence-electron chi connectivity index (χ1n) is 10.7. The highest BCUT2D eigenvalue weighted by atomic mass is 35.5. The van der Waals surface area contributed by atoms with Crippen molar-refractivity contribution < 1.29 is 9.90 Å². The van der Waals surface area contributed by atoms with Crippen LogP contribution in [-0.2, 0) is 7.05 Å². The predicted molar refractivity (Wildman–Crippen MR) is 126 cm³/mol. The monoisotopic (exact) mass is 455 g/mol. The molecule has 1 atom stereocenters. The molecular weight excluding hydrogens is 430 g/mol. The maximum absolute atomic E-state index is 13.2. The number of hydrogen-bond donors (Lipinski definition) is 2. The van der Waals surface area contributed by atoms with Gasteiger partial charge in [-0.3, -0.25) is 9.36 Å². The highest BCUT2D eigenvalue weighted by molar-refractivity contribution is 6.29. The fourth-order valence-electron chi connectivity index (χ4n) is 4.27. The second-order valence-corrected chi connectivity index (χ2v) is 8.66. The summed E-state index contributed by atoms with van der Waals surface area (Å²) in [5.41, 5.74) is 2.48. The van der Waals surface area contributed by atoms with Crippen molar-refractivity contribution in [3.05, 3.63) is 56.6 Å². The van der Waals surface area contributed by atoms with Crippen molar-refractivity contribution in [2.24, 2.45) is 7.05 Å². The van der Waals surface area contributed by atoms with Gasteiger partial charge in [0, 0.05) is 25.7 Å². The number of rotatable bonds is 5. The summed E-state index contributed by atoms with van der Waals surface area (Å²) in [5, 5.41) is 13.4. The number of nitrogens with one attached hydrogen (secondary N) is 1. The number of benzene rings is 1. The van der Waals surface area contributed by atoms with E-state index in [1.54, 1.807) is 23.7 Å². The summed E-state index contributed by atoms with van der Waals surface area (Å²) >= 11 is 5.88. The number of carboxylic acid groups (broad SMARTS) is 1. The van der Waals surface area contributed by atoms with Crippen LogP contribution in [0.2, 0.25) is 5.15 Å². The molecule has 3 heterocycles. The van der Waals surface area contributed by atoms with Gasteiger partial charge in [-0.2, -0.15) is 0 Å². The molecule has 1 aliphatic rings. The van der Waals surface area contributed by atoms with Gasteiger partial charge in [0.1, 0.15) is 5.15 Å². The second-order valence-electron chi connectivity index (χ2n) is 8.28. The standard InChI is InChI=1S/C23H26ClN5O3/c1-13-11-15(14(2)25-17-7-8-18(24)26-20(17)22(31)32)19-16(12-13)21(30)28(3)23(27-19)29-9-5-4-6-10-29/h7-8,11-12,14,25H,4-6,9-10H2,1-3H3,(H,31,32)/t14-/m1/s1. The Morgan fingerprint density at radius 3 is 2.59 bits per heavy atom. The topological polar surface area (TPSA) is 100 Å². The van der Waals surface area contributed by atoms with Crippen LogP contribution in [0.1, 0.15) is 53.8 Å².